The van der Waals surface area contributed by atoms with Crippen LogP contribution in [-0.2, 0) is 9.47 Å². The van der Waals surface area contributed by atoms with Gasteiger partial charge in [0.2, 0.25) is 0 Å². The van der Waals surface area contributed by atoms with Crippen LogP contribution in [0.1, 0.15) is 58.3 Å². The van der Waals surface area contributed by atoms with Crippen molar-refractivity contribution in [1.29, 1.82) is 0 Å². The van der Waals surface area contributed by atoms with Crippen LogP contribution in [0.15, 0.2) is 11.8 Å². The Hall–Kier alpha value is -0.540. The Morgan fingerprint density at radius 1 is 1.26 bits per heavy atom. The minimum absolute atomic E-state index is 0.0287. The minimum atomic E-state index is -0.0287. The van der Waals surface area contributed by atoms with Crippen LogP contribution in [0.25, 0.3) is 0 Å². The van der Waals surface area contributed by atoms with Crippen LogP contribution in [0.4, 0.5) is 0 Å². The summed E-state index contributed by atoms with van der Waals surface area (Å²) >= 11 is 0. The van der Waals surface area contributed by atoms with Gasteiger partial charge >= 0.3 is 0 Å². The van der Waals surface area contributed by atoms with Crippen LogP contribution in [-0.4, -0.2) is 31.9 Å². The number of hydrogen-bond acceptors (Lipinski definition) is 3. The minimum Gasteiger partial charge on any atom is -0.501 e. The van der Waals surface area contributed by atoms with Gasteiger partial charge in [-0.05, 0) is 37.8 Å². The summed E-state index contributed by atoms with van der Waals surface area (Å²) in [5, 5.41) is 3.67. The summed E-state index contributed by atoms with van der Waals surface area (Å²) in [4.78, 5) is 0. The van der Waals surface area contributed by atoms with Crippen molar-refractivity contribution in [3.63, 3.8) is 0 Å². The zero-order valence-electron chi connectivity index (χ0n) is 12.5. The second kappa shape index (κ2) is 7.30. The summed E-state index contributed by atoms with van der Waals surface area (Å²) in [6.07, 6.45) is 11.8. The predicted octanol–water partition coefficient (Wildman–Crippen LogP) is 3.40. The molecule has 1 saturated carbocycles. The molecule has 1 N–H and O–H groups in total. The van der Waals surface area contributed by atoms with Crippen molar-refractivity contribution in [2.75, 3.05) is 20.3 Å². The van der Waals surface area contributed by atoms with E-state index in [1.807, 2.05) is 13.4 Å². The topological polar surface area (TPSA) is 30.5 Å². The van der Waals surface area contributed by atoms with Gasteiger partial charge in [0.25, 0.3) is 0 Å². The van der Waals surface area contributed by atoms with E-state index in [1.165, 1.54) is 44.1 Å². The van der Waals surface area contributed by atoms with Crippen LogP contribution >= 0.6 is 0 Å². The molecule has 1 aliphatic heterocycles. The Morgan fingerprint density at radius 3 is 2.53 bits per heavy atom. The third-order valence-electron chi connectivity index (χ3n) is 4.62. The second-order valence-electron chi connectivity index (χ2n) is 5.84. The molecule has 0 radical (unpaired) electrons. The summed E-state index contributed by atoms with van der Waals surface area (Å²) < 4.78 is 11.6. The lowest BCUT2D eigenvalue weighted by Crippen LogP contribution is -2.53. The highest BCUT2D eigenvalue weighted by atomic mass is 16.5. The van der Waals surface area contributed by atoms with Crippen LogP contribution in [0.5, 0.6) is 0 Å². The van der Waals surface area contributed by atoms with Gasteiger partial charge < -0.3 is 14.8 Å². The van der Waals surface area contributed by atoms with Crippen molar-refractivity contribution in [2.24, 2.45) is 0 Å². The van der Waals surface area contributed by atoms with Crippen molar-refractivity contribution in [2.45, 2.75) is 69.9 Å². The lowest BCUT2D eigenvalue weighted by molar-refractivity contribution is -0.0453. The Morgan fingerprint density at radius 2 is 2.00 bits per heavy atom. The molecule has 3 nitrogen and oxygen atoms in total. The van der Waals surface area contributed by atoms with Crippen molar-refractivity contribution >= 4 is 0 Å². The number of methoxy groups -OCH3 is 1. The quantitative estimate of drug-likeness (QED) is 0.774. The molecule has 1 fully saturated rings. The largest absolute Gasteiger partial charge is 0.501 e. The molecule has 2 aliphatic rings. The molecular formula is C16H29NO2. The molecule has 0 amide bonds. The van der Waals surface area contributed by atoms with Crippen molar-refractivity contribution in [1.82, 2.24) is 5.32 Å². The summed E-state index contributed by atoms with van der Waals surface area (Å²) in [5.41, 5.74) is 1.37. The highest BCUT2D eigenvalue weighted by molar-refractivity contribution is 5.17. The van der Waals surface area contributed by atoms with Crippen molar-refractivity contribution < 1.29 is 9.47 Å². The molecule has 2 rings (SSSR count). The maximum Gasteiger partial charge on any atom is 0.0876 e. The lowest BCUT2D eigenvalue weighted by atomic mass is 9.80. The number of likely N-dealkylation sites (N-methyl/N-ethyl adjacent to an activating group) is 1. The smallest absolute Gasteiger partial charge is 0.0876 e. The second-order valence-corrected chi connectivity index (χ2v) is 5.84. The third-order valence-corrected chi connectivity index (χ3v) is 4.62. The van der Waals surface area contributed by atoms with Crippen LogP contribution in [0, 0.1) is 0 Å². The third kappa shape index (κ3) is 3.51. The van der Waals surface area contributed by atoms with E-state index in [0.717, 1.165) is 26.0 Å². The van der Waals surface area contributed by atoms with E-state index in [1.54, 1.807) is 0 Å². The van der Waals surface area contributed by atoms with E-state index >= 15 is 0 Å². The van der Waals surface area contributed by atoms with Gasteiger partial charge in [-0.1, -0.05) is 32.6 Å². The highest BCUT2D eigenvalue weighted by Crippen LogP contribution is 2.37. The summed E-state index contributed by atoms with van der Waals surface area (Å²) in [5.74, 6) is 0. The van der Waals surface area contributed by atoms with Gasteiger partial charge in [0.05, 0.1) is 24.5 Å². The number of rotatable bonds is 5. The molecule has 1 heterocycles. The zero-order chi connectivity index (χ0) is 13.6. The van der Waals surface area contributed by atoms with Gasteiger partial charge in [-0.15, -0.1) is 0 Å². The molecular weight excluding hydrogens is 238 g/mol. The first-order valence-corrected chi connectivity index (χ1v) is 7.91. The molecule has 0 aromatic carbocycles. The molecule has 110 valence electrons. The SMILES string of the molecule is CCNC(C1=COCCC1)C1(OC)CCCCCC1. The van der Waals surface area contributed by atoms with Gasteiger partial charge in [-0.2, -0.15) is 0 Å². The average molecular weight is 267 g/mol. The number of hydrogen-bond donors (Lipinski definition) is 1. The Kier molecular flexibility index (Phi) is 5.71. The molecule has 0 saturated heterocycles. The molecule has 1 aliphatic carbocycles. The highest BCUT2D eigenvalue weighted by Gasteiger charge is 2.41. The van der Waals surface area contributed by atoms with E-state index in [2.05, 4.69) is 12.2 Å². The Bertz CT molecular complexity index is 293. The van der Waals surface area contributed by atoms with Crippen LogP contribution in [0.3, 0.4) is 0 Å². The lowest BCUT2D eigenvalue weighted by Gasteiger charge is -2.41. The van der Waals surface area contributed by atoms with E-state index < -0.39 is 0 Å². The first kappa shape index (κ1) is 14.9. The van der Waals surface area contributed by atoms with Gasteiger partial charge in [0.15, 0.2) is 0 Å². The summed E-state index contributed by atoms with van der Waals surface area (Å²) in [6, 6.07) is 0.320. The molecule has 1 atom stereocenters. The molecule has 1 unspecified atom stereocenters. The molecule has 0 bridgehead atoms. The molecule has 19 heavy (non-hydrogen) atoms. The predicted molar refractivity (Wildman–Crippen MR) is 78.2 cm³/mol. The van der Waals surface area contributed by atoms with Crippen molar-refractivity contribution in [3.05, 3.63) is 11.8 Å². The molecule has 0 aromatic rings. The summed E-state index contributed by atoms with van der Waals surface area (Å²) in [6.45, 7) is 4.02. The van der Waals surface area contributed by atoms with Crippen LogP contribution < -0.4 is 5.32 Å². The van der Waals surface area contributed by atoms with E-state index in [0.29, 0.717) is 6.04 Å². The first-order valence-electron chi connectivity index (χ1n) is 7.91. The van der Waals surface area contributed by atoms with Gasteiger partial charge in [-0.3, -0.25) is 0 Å². The summed E-state index contributed by atoms with van der Waals surface area (Å²) in [7, 11) is 1.89. The fourth-order valence-electron chi connectivity index (χ4n) is 3.59. The Labute approximate surface area is 117 Å². The molecule has 0 aromatic heterocycles. The van der Waals surface area contributed by atoms with Crippen molar-refractivity contribution in [3.8, 4) is 0 Å². The van der Waals surface area contributed by atoms with E-state index in [4.69, 9.17) is 9.47 Å². The molecule has 0 spiro atoms. The number of nitrogens with one attached hydrogen (secondary N) is 1. The maximum absolute atomic E-state index is 6.07. The zero-order valence-corrected chi connectivity index (χ0v) is 12.5. The first-order chi connectivity index (χ1) is 9.32. The maximum atomic E-state index is 6.07. The number of ether oxygens (including phenoxy) is 2. The van der Waals surface area contributed by atoms with Crippen LogP contribution in [0.2, 0.25) is 0 Å². The normalized spacial score (nSPS) is 25.1. The van der Waals surface area contributed by atoms with E-state index in [-0.39, 0.29) is 5.60 Å². The van der Waals surface area contributed by atoms with Gasteiger partial charge in [0, 0.05) is 7.11 Å². The average Bonchev–Trinajstić information content (AvgIpc) is 2.72. The Balaban J connectivity index is 2.20. The van der Waals surface area contributed by atoms with E-state index in [9.17, 15) is 0 Å². The fourth-order valence-corrected chi connectivity index (χ4v) is 3.59. The molecule has 3 heteroatoms. The fraction of sp³-hybridized carbons (Fsp3) is 0.875. The van der Waals surface area contributed by atoms with Gasteiger partial charge in [0.1, 0.15) is 0 Å². The van der Waals surface area contributed by atoms with Gasteiger partial charge in [-0.25, -0.2) is 0 Å². The monoisotopic (exact) mass is 267 g/mol. The standard InChI is InChI=1S/C16H29NO2/c1-3-17-15(14-9-8-12-19-13-14)16(18-2)10-6-4-5-7-11-16/h13,15,17H,3-12H2,1-2H3.